The highest BCUT2D eigenvalue weighted by molar-refractivity contribution is 5.76. The van der Waals surface area contributed by atoms with Gasteiger partial charge in [-0.05, 0) is 26.0 Å². The molecule has 0 N–H and O–H groups in total. The van der Waals surface area contributed by atoms with E-state index in [1.807, 2.05) is 38.1 Å². The Bertz CT molecular complexity index is 509. The Hall–Kier alpha value is -1.84. The molecular formula is C13H15NO3. The van der Waals surface area contributed by atoms with Crippen molar-refractivity contribution in [1.82, 2.24) is 4.98 Å². The third-order valence-corrected chi connectivity index (χ3v) is 2.67. The number of carbonyl (C=O) groups excluding carboxylic acids is 1. The molecule has 1 aromatic heterocycles. The van der Waals surface area contributed by atoms with E-state index in [4.69, 9.17) is 9.15 Å². The first-order valence-corrected chi connectivity index (χ1v) is 5.46. The second kappa shape index (κ2) is 4.20. The van der Waals surface area contributed by atoms with Crippen molar-refractivity contribution in [3.05, 3.63) is 30.2 Å². The third kappa shape index (κ3) is 2.30. The van der Waals surface area contributed by atoms with E-state index in [-0.39, 0.29) is 5.97 Å². The first kappa shape index (κ1) is 11.6. The van der Waals surface area contributed by atoms with Crippen molar-refractivity contribution in [1.29, 1.82) is 0 Å². The lowest BCUT2D eigenvalue weighted by Crippen LogP contribution is -2.28. The molecule has 1 aromatic carbocycles. The number of carbonyl (C=O) groups is 1. The molecule has 0 spiro atoms. The van der Waals surface area contributed by atoms with Gasteiger partial charge in [-0.3, -0.25) is 4.79 Å². The predicted molar refractivity (Wildman–Crippen MR) is 63.5 cm³/mol. The van der Waals surface area contributed by atoms with E-state index in [9.17, 15) is 4.79 Å². The molecule has 4 nitrogen and oxygen atoms in total. The zero-order valence-electron chi connectivity index (χ0n) is 10.2. The van der Waals surface area contributed by atoms with E-state index in [0.29, 0.717) is 12.3 Å². The summed E-state index contributed by atoms with van der Waals surface area (Å²) in [6.07, 6.45) is 0.425. The number of hydrogen-bond acceptors (Lipinski definition) is 4. The highest BCUT2D eigenvalue weighted by Crippen LogP contribution is 2.25. The quantitative estimate of drug-likeness (QED) is 0.764. The molecule has 17 heavy (non-hydrogen) atoms. The monoisotopic (exact) mass is 233 g/mol. The number of rotatable bonds is 3. The Morgan fingerprint density at radius 2 is 2.12 bits per heavy atom. The number of hydrogen-bond donors (Lipinski definition) is 0. The molecule has 0 saturated carbocycles. The number of nitrogens with zero attached hydrogens (tertiary/aromatic N) is 1. The summed E-state index contributed by atoms with van der Waals surface area (Å²) in [4.78, 5) is 15.9. The molecular weight excluding hydrogens is 218 g/mol. The summed E-state index contributed by atoms with van der Waals surface area (Å²) in [5, 5.41) is 0. The van der Waals surface area contributed by atoms with Crippen LogP contribution in [0.15, 0.2) is 28.7 Å². The highest BCUT2D eigenvalue weighted by Gasteiger charge is 2.31. The van der Waals surface area contributed by atoms with Crippen molar-refractivity contribution in [2.75, 3.05) is 7.11 Å². The second-order valence-corrected chi connectivity index (χ2v) is 4.63. The van der Waals surface area contributed by atoms with Gasteiger partial charge in [0.05, 0.1) is 12.5 Å². The van der Waals surface area contributed by atoms with Crippen LogP contribution in [0.4, 0.5) is 0 Å². The van der Waals surface area contributed by atoms with Crippen LogP contribution in [0.1, 0.15) is 19.7 Å². The van der Waals surface area contributed by atoms with Crippen LogP contribution in [0.5, 0.6) is 0 Å². The lowest BCUT2D eigenvalue weighted by atomic mass is 9.89. The lowest BCUT2D eigenvalue weighted by molar-refractivity contribution is -0.150. The first-order chi connectivity index (χ1) is 8.03. The van der Waals surface area contributed by atoms with E-state index in [0.717, 1.165) is 11.1 Å². The van der Waals surface area contributed by atoms with Gasteiger partial charge in [-0.25, -0.2) is 4.98 Å². The van der Waals surface area contributed by atoms with Crippen molar-refractivity contribution in [3.63, 3.8) is 0 Å². The summed E-state index contributed by atoms with van der Waals surface area (Å²) in [7, 11) is 1.39. The Balaban J connectivity index is 2.26. The SMILES string of the molecule is COC(=O)C(C)(C)Cc1nc2ccccc2o1. The standard InChI is InChI=1S/C13H15NO3/c1-13(2,12(15)16-3)8-11-14-9-6-4-5-7-10(9)17-11/h4-7H,8H2,1-3H3. The minimum atomic E-state index is -0.629. The topological polar surface area (TPSA) is 52.3 Å². The Labute approximate surface area is 99.6 Å². The summed E-state index contributed by atoms with van der Waals surface area (Å²) in [6.45, 7) is 3.63. The predicted octanol–water partition coefficient (Wildman–Crippen LogP) is 2.57. The van der Waals surface area contributed by atoms with Gasteiger partial charge in [0.25, 0.3) is 0 Å². The Morgan fingerprint density at radius 3 is 2.76 bits per heavy atom. The van der Waals surface area contributed by atoms with Crippen molar-refractivity contribution in [2.24, 2.45) is 5.41 Å². The molecule has 0 atom stereocenters. The lowest BCUT2D eigenvalue weighted by Gasteiger charge is -2.18. The maximum absolute atomic E-state index is 11.6. The van der Waals surface area contributed by atoms with Gasteiger partial charge in [-0.1, -0.05) is 12.1 Å². The summed E-state index contributed by atoms with van der Waals surface area (Å²) >= 11 is 0. The molecule has 90 valence electrons. The van der Waals surface area contributed by atoms with Gasteiger partial charge in [0.1, 0.15) is 5.52 Å². The fraction of sp³-hybridized carbons (Fsp3) is 0.385. The number of methoxy groups -OCH3 is 1. The minimum absolute atomic E-state index is 0.264. The van der Waals surface area contributed by atoms with Crippen LogP contribution >= 0.6 is 0 Å². The Kier molecular flexibility index (Phi) is 2.88. The molecule has 0 amide bonds. The molecule has 0 fully saturated rings. The minimum Gasteiger partial charge on any atom is -0.469 e. The van der Waals surface area contributed by atoms with Gasteiger partial charge < -0.3 is 9.15 Å². The fourth-order valence-corrected chi connectivity index (χ4v) is 1.72. The number of fused-ring (bicyclic) bond motifs is 1. The normalized spacial score (nSPS) is 11.7. The van der Waals surface area contributed by atoms with Gasteiger partial charge in [-0.2, -0.15) is 0 Å². The molecule has 0 radical (unpaired) electrons. The average Bonchev–Trinajstić information content (AvgIpc) is 2.68. The van der Waals surface area contributed by atoms with Crippen molar-refractivity contribution in [2.45, 2.75) is 20.3 Å². The summed E-state index contributed by atoms with van der Waals surface area (Å²) in [5.41, 5.74) is 0.918. The molecule has 0 bridgehead atoms. The number of oxazole rings is 1. The van der Waals surface area contributed by atoms with Crippen molar-refractivity contribution < 1.29 is 13.9 Å². The van der Waals surface area contributed by atoms with Crippen LogP contribution in [0.3, 0.4) is 0 Å². The molecule has 1 heterocycles. The zero-order chi connectivity index (χ0) is 12.5. The summed E-state index contributed by atoms with van der Waals surface area (Å²) < 4.78 is 10.3. The van der Waals surface area contributed by atoms with Crippen LogP contribution in [0.25, 0.3) is 11.1 Å². The van der Waals surface area contributed by atoms with E-state index in [2.05, 4.69) is 4.98 Å². The summed E-state index contributed by atoms with van der Waals surface area (Å²) in [5.74, 6) is 0.293. The Morgan fingerprint density at radius 1 is 1.41 bits per heavy atom. The second-order valence-electron chi connectivity index (χ2n) is 4.63. The molecule has 4 heteroatoms. The number of aromatic nitrogens is 1. The molecule has 2 aromatic rings. The molecule has 0 aliphatic carbocycles. The smallest absolute Gasteiger partial charge is 0.311 e. The van der Waals surface area contributed by atoms with Crippen molar-refractivity contribution in [3.8, 4) is 0 Å². The maximum atomic E-state index is 11.6. The van der Waals surface area contributed by atoms with Crippen LogP contribution in [0.2, 0.25) is 0 Å². The van der Waals surface area contributed by atoms with Gasteiger partial charge in [-0.15, -0.1) is 0 Å². The van der Waals surface area contributed by atoms with Gasteiger partial charge in [0, 0.05) is 6.42 Å². The zero-order valence-corrected chi connectivity index (χ0v) is 10.2. The van der Waals surface area contributed by atoms with Crippen molar-refractivity contribution >= 4 is 17.1 Å². The van der Waals surface area contributed by atoms with Gasteiger partial charge in [0.15, 0.2) is 11.5 Å². The van der Waals surface area contributed by atoms with Crippen LogP contribution in [-0.2, 0) is 16.0 Å². The first-order valence-electron chi connectivity index (χ1n) is 5.46. The van der Waals surface area contributed by atoms with Crippen LogP contribution < -0.4 is 0 Å². The van der Waals surface area contributed by atoms with E-state index in [1.54, 1.807) is 0 Å². The third-order valence-electron chi connectivity index (χ3n) is 2.67. The number of esters is 1. The van der Waals surface area contributed by atoms with E-state index >= 15 is 0 Å². The molecule has 0 unspecified atom stereocenters. The van der Waals surface area contributed by atoms with E-state index in [1.165, 1.54) is 7.11 Å². The van der Waals surface area contributed by atoms with Gasteiger partial charge in [0.2, 0.25) is 0 Å². The molecule has 0 aliphatic rings. The average molecular weight is 233 g/mol. The summed E-state index contributed by atoms with van der Waals surface area (Å²) in [6, 6.07) is 7.53. The number of benzene rings is 1. The molecule has 2 rings (SSSR count). The molecule has 0 aliphatic heterocycles. The number of ether oxygens (including phenoxy) is 1. The van der Waals surface area contributed by atoms with Crippen LogP contribution in [0, 0.1) is 5.41 Å². The fourth-order valence-electron chi connectivity index (χ4n) is 1.72. The largest absolute Gasteiger partial charge is 0.469 e. The molecule has 0 saturated heterocycles. The van der Waals surface area contributed by atoms with E-state index < -0.39 is 5.41 Å². The van der Waals surface area contributed by atoms with Crippen LogP contribution in [-0.4, -0.2) is 18.1 Å². The maximum Gasteiger partial charge on any atom is 0.311 e. The highest BCUT2D eigenvalue weighted by atomic mass is 16.5. The number of para-hydroxylation sites is 2. The van der Waals surface area contributed by atoms with Gasteiger partial charge >= 0.3 is 5.97 Å².